The first-order valence-electron chi connectivity index (χ1n) is 4.11. The molecule has 0 saturated heterocycles. The topological polar surface area (TPSA) is 0 Å². The van der Waals surface area contributed by atoms with Gasteiger partial charge in [-0.05, 0) is 6.42 Å². The lowest BCUT2D eigenvalue weighted by Gasteiger charge is -2.22. The normalized spacial score (nSPS) is 27.7. The molecule has 1 aliphatic carbocycles. The highest BCUT2D eigenvalue weighted by atomic mass is 14.2. The van der Waals surface area contributed by atoms with E-state index in [0.29, 0.717) is 0 Å². The van der Waals surface area contributed by atoms with Gasteiger partial charge in [-0.15, -0.1) is 6.58 Å². The lowest BCUT2D eigenvalue weighted by molar-refractivity contribution is 0.636. The molecule has 0 aliphatic heterocycles. The predicted octanol–water partition coefficient (Wildman–Crippen LogP) is 3.42. The standard InChI is InChI=1S/C12H14/c1-3-5-9-12(4-2)10-7-6-8-11-12/h3-10H,1-2,11H2. The lowest BCUT2D eigenvalue weighted by atomic mass is 9.81. The largest absolute Gasteiger partial charge is 0.102 e. The van der Waals surface area contributed by atoms with Crippen LogP contribution in [0.5, 0.6) is 0 Å². The summed E-state index contributed by atoms with van der Waals surface area (Å²) >= 11 is 0. The molecule has 0 heterocycles. The van der Waals surface area contributed by atoms with Crippen LogP contribution in [0.15, 0.2) is 61.8 Å². The molecule has 0 radical (unpaired) electrons. The molecular weight excluding hydrogens is 144 g/mol. The minimum atomic E-state index is 0.0168. The highest BCUT2D eigenvalue weighted by Crippen LogP contribution is 2.30. The van der Waals surface area contributed by atoms with E-state index in [1.54, 1.807) is 6.08 Å². The summed E-state index contributed by atoms with van der Waals surface area (Å²) in [6.45, 7) is 7.49. The van der Waals surface area contributed by atoms with Gasteiger partial charge >= 0.3 is 0 Å². The molecule has 1 unspecified atom stereocenters. The second-order valence-electron chi connectivity index (χ2n) is 2.90. The van der Waals surface area contributed by atoms with E-state index < -0.39 is 0 Å². The molecular formula is C12H14. The van der Waals surface area contributed by atoms with Gasteiger partial charge < -0.3 is 0 Å². The van der Waals surface area contributed by atoms with Gasteiger partial charge in [0.2, 0.25) is 0 Å². The highest BCUT2D eigenvalue weighted by Gasteiger charge is 2.18. The third-order valence-corrected chi connectivity index (χ3v) is 2.05. The van der Waals surface area contributed by atoms with Crippen LogP contribution in [0.3, 0.4) is 0 Å². The average molecular weight is 158 g/mol. The molecule has 0 aromatic rings. The van der Waals surface area contributed by atoms with Crippen molar-refractivity contribution in [1.82, 2.24) is 0 Å². The van der Waals surface area contributed by atoms with Crippen molar-refractivity contribution in [3.05, 3.63) is 61.8 Å². The number of hydrogen-bond donors (Lipinski definition) is 0. The summed E-state index contributed by atoms with van der Waals surface area (Å²) in [5.41, 5.74) is 0.0168. The smallest absolute Gasteiger partial charge is 0.0280 e. The lowest BCUT2D eigenvalue weighted by Crippen LogP contribution is -2.11. The van der Waals surface area contributed by atoms with E-state index in [-0.39, 0.29) is 5.41 Å². The third-order valence-electron chi connectivity index (χ3n) is 2.05. The fraction of sp³-hybridized carbons (Fsp3) is 0.167. The predicted molar refractivity (Wildman–Crippen MR) is 54.9 cm³/mol. The first kappa shape index (κ1) is 8.79. The van der Waals surface area contributed by atoms with Gasteiger partial charge in [-0.2, -0.15) is 0 Å². The van der Waals surface area contributed by atoms with E-state index >= 15 is 0 Å². The van der Waals surface area contributed by atoms with Crippen LogP contribution in [0, 0.1) is 5.41 Å². The first-order valence-corrected chi connectivity index (χ1v) is 4.11. The Morgan fingerprint density at radius 1 is 1.25 bits per heavy atom. The summed E-state index contributed by atoms with van der Waals surface area (Å²) in [5, 5.41) is 0. The number of rotatable bonds is 3. The average Bonchev–Trinajstić information content (AvgIpc) is 2.16. The summed E-state index contributed by atoms with van der Waals surface area (Å²) in [6.07, 6.45) is 17.2. The highest BCUT2D eigenvalue weighted by molar-refractivity contribution is 5.29. The Bertz CT molecular complexity index is 253. The zero-order valence-corrected chi connectivity index (χ0v) is 7.24. The van der Waals surface area contributed by atoms with Crippen LogP contribution >= 0.6 is 0 Å². The molecule has 1 aliphatic rings. The van der Waals surface area contributed by atoms with Gasteiger partial charge in [0, 0.05) is 5.41 Å². The Morgan fingerprint density at radius 3 is 2.58 bits per heavy atom. The zero-order chi connectivity index (χ0) is 8.86. The van der Waals surface area contributed by atoms with Gasteiger partial charge in [-0.25, -0.2) is 0 Å². The van der Waals surface area contributed by atoms with E-state index in [9.17, 15) is 0 Å². The molecule has 0 aromatic heterocycles. The quantitative estimate of drug-likeness (QED) is 0.436. The molecule has 0 bridgehead atoms. The summed E-state index contributed by atoms with van der Waals surface area (Å²) in [7, 11) is 0. The molecule has 0 heteroatoms. The van der Waals surface area contributed by atoms with Crippen molar-refractivity contribution in [2.75, 3.05) is 0 Å². The molecule has 1 rings (SSSR count). The maximum Gasteiger partial charge on any atom is 0.0280 e. The van der Waals surface area contributed by atoms with Crippen molar-refractivity contribution in [2.24, 2.45) is 5.41 Å². The van der Waals surface area contributed by atoms with Gasteiger partial charge in [0.1, 0.15) is 0 Å². The fourth-order valence-corrected chi connectivity index (χ4v) is 1.24. The Hall–Kier alpha value is -1.30. The zero-order valence-electron chi connectivity index (χ0n) is 7.24. The van der Waals surface area contributed by atoms with Crippen LogP contribution in [-0.2, 0) is 0 Å². The molecule has 1 atom stereocenters. The molecule has 0 aromatic carbocycles. The van der Waals surface area contributed by atoms with Crippen molar-refractivity contribution in [3.8, 4) is 0 Å². The van der Waals surface area contributed by atoms with E-state index in [2.05, 4.69) is 43.5 Å². The van der Waals surface area contributed by atoms with E-state index in [4.69, 9.17) is 0 Å². The molecule has 62 valence electrons. The summed E-state index contributed by atoms with van der Waals surface area (Å²) in [6, 6.07) is 0. The Balaban J connectivity index is 2.83. The van der Waals surface area contributed by atoms with Crippen molar-refractivity contribution in [1.29, 1.82) is 0 Å². The number of hydrogen-bond acceptors (Lipinski definition) is 0. The first-order chi connectivity index (χ1) is 5.83. The minimum Gasteiger partial charge on any atom is -0.102 e. The monoisotopic (exact) mass is 158 g/mol. The van der Waals surface area contributed by atoms with E-state index in [0.717, 1.165) is 6.42 Å². The SMILES string of the molecule is C=CC=CC1(C=C)C=CC=CC1. The van der Waals surface area contributed by atoms with Crippen LogP contribution in [0.1, 0.15) is 6.42 Å². The van der Waals surface area contributed by atoms with Gasteiger partial charge in [-0.3, -0.25) is 0 Å². The molecule has 0 amide bonds. The second kappa shape index (κ2) is 3.91. The van der Waals surface area contributed by atoms with Gasteiger partial charge in [-0.1, -0.05) is 55.2 Å². The molecule has 12 heavy (non-hydrogen) atoms. The van der Waals surface area contributed by atoms with Crippen LogP contribution in [-0.4, -0.2) is 0 Å². The number of allylic oxidation sites excluding steroid dienone is 8. The molecule has 0 fully saturated rings. The van der Waals surface area contributed by atoms with E-state index in [1.807, 2.05) is 12.2 Å². The van der Waals surface area contributed by atoms with Crippen LogP contribution < -0.4 is 0 Å². The molecule has 0 spiro atoms. The fourth-order valence-electron chi connectivity index (χ4n) is 1.24. The molecule has 0 N–H and O–H groups in total. The summed E-state index contributed by atoms with van der Waals surface area (Å²) in [4.78, 5) is 0. The van der Waals surface area contributed by atoms with Crippen molar-refractivity contribution in [3.63, 3.8) is 0 Å². The minimum absolute atomic E-state index is 0.0168. The summed E-state index contributed by atoms with van der Waals surface area (Å²) in [5.74, 6) is 0. The van der Waals surface area contributed by atoms with Crippen molar-refractivity contribution >= 4 is 0 Å². The molecule has 0 nitrogen and oxygen atoms in total. The maximum absolute atomic E-state index is 3.84. The van der Waals surface area contributed by atoms with Crippen molar-refractivity contribution in [2.45, 2.75) is 6.42 Å². The van der Waals surface area contributed by atoms with Gasteiger partial charge in [0.15, 0.2) is 0 Å². The Morgan fingerprint density at radius 2 is 2.08 bits per heavy atom. The maximum atomic E-state index is 3.84. The van der Waals surface area contributed by atoms with E-state index in [1.165, 1.54) is 0 Å². The van der Waals surface area contributed by atoms with Crippen LogP contribution in [0.2, 0.25) is 0 Å². The third kappa shape index (κ3) is 1.85. The van der Waals surface area contributed by atoms with Gasteiger partial charge in [0.25, 0.3) is 0 Å². The second-order valence-corrected chi connectivity index (χ2v) is 2.90. The van der Waals surface area contributed by atoms with Crippen LogP contribution in [0.25, 0.3) is 0 Å². The molecule has 0 saturated carbocycles. The summed E-state index contributed by atoms with van der Waals surface area (Å²) < 4.78 is 0. The van der Waals surface area contributed by atoms with Crippen molar-refractivity contribution < 1.29 is 0 Å². The van der Waals surface area contributed by atoms with Crippen LogP contribution in [0.4, 0.5) is 0 Å². The Kier molecular flexibility index (Phi) is 2.87. The van der Waals surface area contributed by atoms with Gasteiger partial charge in [0.05, 0.1) is 0 Å². The Labute approximate surface area is 74.3 Å².